The minimum atomic E-state index is -1.81. The molecule has 4 aliphatic carbocycles. The van der Waals surface area contributed by atoms with Gasteiger partial charge in [0.15, 0.2) is 8.32 Å². The number of methoxy groups -OCH3 is 2. The third-order valence-corrected chi connectivity index (χ3v) is 23.6. The van der Waals surface area contributed by atoms with Crippen LogP contribution in [0.4, 0.5) is 11.4 Å². The molecule has 1 N–H and O–H groups in total. The fourth-order valence-electron chi connectivity index (χ4n) is 12.5. The van der Waals surface area contributed by atoms with Crippen LogP contribution in [0.2, 0.25) is 18.1 Å². The van der Waals surface area contributed by atoms with Crippen LogP contribution in [-0.2, 0) is 14.0 Å². The molecule has 80 heavy (non-hydrogen) atoms. The van der Waals surface area contributed by atoms with Crippen LogP contribution >= 0.6 is 11.3 Å². The van der Waals surface area contributed by atoms with Crippen LogP contribution in [0.1, 0.15) is 174 Å². The number of aliphatic hydroxyl groups is 1. The van der Waals surface area contributed by atoms with Gasteiger partial charge in [-0.1, -0.05) is 69.0 Å². The number of rotatable bonds is 14. The third kappa shape index (κ3) is 15.8. The normalized spacial score (nSPS) is 23.2. The van der Waals surface area contributed by atoms with Crippen LogP contribution in [0, 0.1) is 61.7 Å². The summed E-state index contributed by atoms with van der Waals surface area (Å²) in [4.78, 5) is 36.4. The molecule has 4 aromatic carbocycles. The van der Waals surface area contributed by atoms with Gasteiger partial charge in [-0.2, -0.15) is 0 Å². The van der Waals surface area contributed by atoms with E-state index >= 15 is 0 Å². The molecule has 0 radical (unpaired) electrons. The van der Waals surface area contributed by atoms with Crippen molar-refractivity contribution in [2.24, 2.45) is 23.7 Å². The highest BCUT2D eigenvalue weighted by Gasteiger charge is 2.41. The standard InChI is InChI=1S/C36H51NO3Si.C33H38N2O3S/c1-9-27-11-10-12-32(24-27)37(35(38)30-17-20-33(21-18-30)40-41(7,8)36(3,4)5)25-28-13-15-29(16-14-28)31-19-22-34(39-6)26(2)23-31;1-23-18-28(13-17-32(23)38-2)26-9-6-25(7-10-26)20-35(33(37)27-11-15-31(36)16-12-27)30-5-3-4-24(19-30)8-14-29-21-39-22-34-29/h1,10-12,19,22-24,28-30,33H,13-18,20-21,25H2,2-8H3;3-5,13,17-19,21-22,25-27,31,36H,6-7,9-12,15-16,20H2,1-2H3. The van der Waals surface area contributed by atoms with Gasteiger partial charge in [0.05, 0.1) is 25.8 Å². The van der Waals surface area contributed by atoms with E-state index in [1.807, 2.05) is 52.7 Å². The second-order valence-electron chi connectivity index (χ2n) is 25.0. The molecule has 0 aliphatic heterocycles. The Balaban J connectivity index is 0.000000210. The average molecular weight is 1120 g/mol. The first-order chi connectivity index (χ1) is 38.4. The van der Waals surface area contributed by atoms with E-state index in [1.54, 1.807) is 19.7 Å². The fourth-order valence-corrected chi connectivity index (χ4v) is 14.4. The zero-order valence-electron chi connectivity index (χ0n) is 49.4. The number of carbonyl (C=O) groups excluding carboxylic acids is 2. The lowest BCUT2D eigenvalue weighted by Crippen LogP contribution is -2.46. The zero-order chi connectivity index (χ0) is 57.0. The topological polar surface area (TPSA) is 101 Å². The first kappa shape index (κ1) is 60.4. The summed E-state index contributed by atoms with van der Waals surface area (Å²) in [5, 5.41) is 12.1. The number of thiazole rings is 1. The monoisotopic (exact) mass is 1120 g/mol. The number of nitrogens with zero attached hydrogens (tertiary/aromatic N) is 3. The molecule has 0 unspecified atom stereocenters. The number of aromatic nitrogens is 1. The van der Waals surface area contributed by atoms with Gasteiger partial charge in [-0.15, -0.1) is 17.8 Å². The lowest BCUT2D eigenvalue weighted by Gasteiger charge is -2.41. The Kier molecular flexibility index (Phi) is 21.0. The molecule has 11 heteroatoms. The molecule has 0 atom stereocenters. The van der Waals surface area contributed by atoms with E-state index in [4.69, 9.17) is 20.3 Å². The van der Waals surface area contributed by atoms with Crippen LogP contribution < -0.4 is 19.3 Å². The van der Waals surface area contributed by atoms with Crippen LogP contribution in [0.5, 0.6) is 11.5 Å². The summed E-state index contributed by atoms with van der Waals surface area (Å²) < 4.78 is 17.6. The van der Waals surface area contributed by atoms with Crippen molar-refractivity contribution in [2.75, 3.05) is 37.1 Å². The molecule has 1 aromatic heterocycles. The van der Waals surface area contributed by atoms with Crippen LogP contribution in [0.25, 0.3) is 0 Å². The molecule has 0 bridgehead atoms. The lowest BCUT2D eigenvalue weighted by atomic mass is 9.78. The summed E-state index contributed by atoms with van der Waals surface area (Å²) in [5.41, 5.74) is 11.3. The van der Waals surface area contributed by atoms with Gasteiger partial charge in [0, 0.05) is 58.9 Å². The summed E-state index contributed by atoms with van der Waals surface area (Å²) in [6, 6.07) is 29.2. The Bertz CT molecular complexity index is 2930. The van der Waals surface area contributed by atoms with Gasteiger partial charge in [-0.3, -0.25) is 9.59 Å². The minimum absolute atomic E-state index is 0.0308. The first-order valence-corrected chi connectivity index (χ1v) is 33.6. The first-order valence-electron chi connectivity index (χ1n) is 29.8. The minimum Gasteiger partial charge on any atom is -0.496 e. The highest BCUT2D eigenvalue weighted by molar-refractivity contribution is 7.07. The van der Waals surface area contributed by atoms with Gasteiger partial charge in [-0.05, 0) is 235 Å². The average Bonchev–Trinajstić information content (AvgIpc) is 4.02. The number of benzene rings is 4. The Hall–Kier alpha value is -5.69. The number of amides is 2. The van der Waals surface area contributed by atoms with E-state index in [9.17, 15) is 14.7 Å². The van der Waals surface area contributed by atoms with E-state index in [2.05, 4.69) is 118 Å². The molecular weight excluding hydrogens is 1030 g/mol. The number of hydrogen-bond acceptors (Lipinski definition) is 8. The quantitative estimate of drug-likeness (QED) is 0.0873. The van der Waals surface area contributed by atoms with E-state index in [0.29, 0.717) is 36.5 Å². The summed E-state index contributed by atoms with van der Waals surface area (Å²) >= 11 is 1.53. The molecule has 426 valence electrons. The van der Waals surface area contributed by atoms with Gasteiger partial charge in [-0.25, -0.2) is 4.98 Å². The van der Waals surface area contributed by atoms with Crippen molar-refractivity contribution in [3.05, 3.63) is 135 Å². The molecule has 5 aromatic rings. The Morgan fingerprint density at radius 3 is 1.56 bits per heavy atom. The maximum Gasteiger partial charge on any atom is 0.230 e. The van der Waals surface area contributed by atoms with E-state index in [-0.39, 0.29) is 40.9 Å². The summed E-state index contributed by atoms with van der Waals surface area (Å²) in [6.45, 7) is 17.3. The van der Waals surface area contributed by atoms with E-state index in [0.717, 1.165) is 143 Å². The molecule has 9 rings (SSSR count). The largest absolute Gasteiger partial charge is 0.496 e. The maximum atomic E-state index is 14.1. The molecule has 0 saturated heterocycles. The van der Waals surface area contributed by atoms with Crippen molar-refractivity contribution in [3.8, 4) is 35.7 Å². The predicted octanol–water partition coefficient (Wildman–Crippen LogP) is 15.6. The van der Waals surface area contributed by atoms with Gasteiger partial charge < -0.3 is 28.8 Å². The molecule has 4 aliphatic rings. The number of aliphatic hydroxyl groups excluding tert-OH is 1. The maximum absolute atomic E-state index is 14.1. The fraction of sp³-hybridized carbons (Fsp3) is 0.522. The van der Waals surface area contributed by atoms with Gasteiger partial charge in [0.1, 0.15) is 17.2 Å². The second-order valence-corrected chi connectivity index (χ2v) is 30.5. The summed E-state index contributed by atoms with van der Waals surface area (Å²) in [5.74, 6) is 13.5. The number of terminal acetylenes is 1. The van der Waals surface area contributed by atoms with Crippen molar-refractivity contribution in [1.82, 2.24) is 4.98 Å². The molecule has 4 fully saturated rings. The number of anilines is 2. The van der Waals surface area contributed by atoms with Crippen LogP contribution in [0.15, 0.2) is 95.8 Å². The van der Waals surface area contributed by atoms with Crippen molar-refractivity contribution in [2.45, 2.75) is 180 Å². The smallest absolute Gasteiger partial charge is 0.230 e. The van der Waals surface area contributed by atoms with Crippen LogP contribution in [-0.4, -0.2) is 69.7 Å². The van der Waals surface area contributed by atoms with Crippen molar-refractivity contribution >= 4 is 42.8 Å². The molecule has 0 spiro atoms. The summed E-state index contributed by atoms with van der Waals surface area (Å²) in [7, 11) is 1.64. The Morgan fingerprint density at radius 2 is 1.12 bits per heavy atom. The van der Waals surface area contributed by atoms with Gasteiger partial charge in [0.2, 0.25) is 11.8 Å². The number of hydrogen-bond donors (Lipinski definition) is 1. The van der Waals surface area contributed by atoms with E-state index < -0.39 is 8.32 Å². The highest BCUT2D eigenvalue weighted by atomic mass is 32.1. The second kappa shape index (κ2) is 27.9. The third-order valence-electron chi connectivity index (χ3n) is 18.5. The molecule has 1 heterocycles. The van der Waals surface area contributed by atoms with Gasteiger partial charge >= 0.3 is 0 Å². The number of aryl methyl sites for hydroxylation is 2. The number of ether oxygens (including phenoxy) is 2. The lowest BCUT2D eigenvalue weighted by molar-refractivity contribution is -0.124. The molecule has 2 amide bonds. The SMILES string of the molecule is C#Cc1cccc(N(CC2CCC(c3ccc(OC)c(C)c3)CC2)C(=O)C2CCC(O[Si](C)(C)C(C)(C)C)CC2)c1.COc1ccc(C2CCC(CN(C(=O)C3CCC(O)CC3)c3cccc(C#Cc4cscn4)c3)CC2)cc1C. The molecular formula is C69H89N3O6SSi. The molecule has 9 nitrogen and oxygen atoms in total. The van der Waals surface area contributed by atoms with Crippen molar-refractivity contribution in [3.63, 3.8) is 0 Å². The molecule has 4 saturated carbocycles. The van der Waals surface area contributed by atoms with Crippen molar-refractivity contribution in [1.29, 1.82) is 0 Å². The van der Waals surface area contributed by atoms with Gasteiger partial charge in [0.25, 0.3) is 0 Å². The zero-order valence-corrected chi connectivity index (χ0v) is 51.2. The highest BCUT2D eigenvalue weighted by Crippen LogP contribution is 2.43. The van der Waals surface area contributed by atoms with Crippen LogP contribution in [0.3, 0.4) is 0 Å². The Morgan fingerprint density at radius 1 is 0.650 bits per heavy atom. The Labute approximate surface area is 484 Å². The predicted molar refractivity (Wildman–Crippen MR) is 330 cm³/mol. The van der Waals surface area contributed by atoms with Crippen molar-refractivity contribution < 1.29 is 28.6 Å². The number of carbonyl (C=O) groups is 2. The summed E-state index contributed by atoms with van der Waals surface area (Å²) in [6.07, 6.45) is 21.4. The van der Waals surface area contributed by atoms with E-state index in [1.165, 1.54) is 33.6 Å².